The number of nitrogens with zero attached hydrogens (tertiary/aromatic N) is 2. The first-order chi connectivity index (χ1) is 12.1. The molecule has 0 spiro atoms. The largest absolute Gasteiger partial charge is 0.345 e. The van der Waals surface area contributed by atoms with Crippen molar-refractivity contribution >= 4 is 5.91 Å². The molecule has 1 aromatic heterocycles. The quantitative estimate of drug-likeness (QED) is 0.699. The summed E-state index contributed by atoms with van der Waals surface area (Å²) < 4.78 is 2.14. The summed E-state index contributed by atoms with van der Waals surface area (Å²) in [6.45, 7) is 6.43. The fraction of sp³-hybridized carbons (Fsp3) is 0.143. The minimum absolute atomic E-state index is 0.157. The molecule has 0 aliphatic heterocycles. The third-order valence-corrected chi connectivity index (χ3v) is 3.99. The van der Waals surface area contributed by atoms with Crippen molar-refractivity contribution in [3.63, 3.8) is 0 Å². The van der Waals surface area contributed by atoms with Gasteiger partial charge >= 0.3 is 0 Å². The maximum absolute atomic E-state index is 11.8. The second kappa shape index (κ2) is 7.62. The van der Waals surface area contributed by atoms with E-state index >= 15 is 0 Å². The van der Waals surface area contributed by atoms with Crippen LogP contribution in [0.2, 0.25) is 0 Å². The van der Waals surface area contributed by atoms with Crippen LogP contribution in [0.1, 0.15) is 18.3 Å². The van der Waals surface area contributed by atoms with Crippen molar-refractivity contribution in [3.8, 4) is 11.3 Å². The second-order valence-electron chi connectivity index (χ2n) is 5.96. The minimum atomic E-state index is -0.157. The van der Waals surface area contributed by atoms with E-state index in [-0.39, 0.29) is 5.91 Å². The van der Waals surface area contributed by atoms with Crippen LogP contribution in [0.4, 0.5) is 0 Å². The van der Waals surface area contributed by atoms with Crippen molar-refractivity contribution in [2.24, 2.45) is 0 Å². The van der Waals surface area contributed by atoms with E-state index in [9.17, 15) is 4.79 Å². The minimum Gasteiger partial charge on any atom is -0.345 e. The van der Waals surface area contributed by atoms with E-state index in [2.05, 4.69) is 45.7 Å². The number of hydrogen-bond donors (Lipinski definition) is 1. The lowest BCUT2D eigenvalue weighted by molar-refractivity contribution is -0.117. The van der Waals surface area contributed by atoms with Gasteiger partial charge in [-0.1, -0.05) is 67.2 Å². The molecule has 1 heterocycles. The molecule has 2 aromatic carbocycles. The highest BCUT2D eigenvalue weighted by Gasteiger charge is 2.13. The van der Waals surface area contributed by atoms with Gasteiger partial charge in [0.1, 0.15) is 5.82 Å². The van der Waals surface area contributed by atoms with Crippen molar-refractivity contribution < 1.29 is 4.79 Å². The highest BCUT2D eigenvalue weighted by molar-refractivity contribution is 5.91. The molecule has 0 aliphatic carbocycles. The van der Waals surface area contributed by atoms with E-state index in [0.29, 0.717) is 18.7 Å². The molecular weight excluding hydrogens is 310 g/mol. The van der Waals surface area contributed by atoms with Gasteiger partial charge in [-0.05, 0) is 18.1 Å². The number of hydrogen-bond acceptors (Lipinski definition) is 2. The SMILES string of the molecule is C=C(C)C(=O)NCc1ncc(-c2ccccc2)n1Cc1ccccc1. The Morgan fingerprint density at radius 1 is 1.08 bits per heavy atom. The van der Waals surface area contributed by atoms with Gasteiger partial charge in [-0.3, -0.25) is 4.79 Å². The zero-order valence-corrected chi connectivity index (χ0v) is 14.3. The van der Waals surface area contributed by atoms with Gasteiger partial charge in [0.15, 0.2) is 0 Å². The molecule has 0 unspecified atom stereocenters. The van der Waals surface area contributed by atoms with E-state index in [1.54, 1.807) is 6.92 Å². The molecule has 0 fully saturated rings. The molecule has 3 aromatic rings. The van der Waals surface area contributed by atoms with Crippen LogP contribution in [0.15, 0.2) is 79.0 Å². The average molecular weight is 331 g/mol. The third kappa shape index (κ3) is 4.04. The maximum atomic E-state index is 11.8. The van der Waals surface area contributed by atoms with Crippen LogP contribution in [0, 0.1) is 0 Å². The number of nitrogens with one attached hydrogen (secondary N) is 1. The Bertz CT molecular complexity index is 867. The highest BCUT2D eigenvalue weighted by Crippen LogP contribution is 2.22. The summed E-state index contributed by atoms with van der Waals surface area (Å²) in [5.74, 6) is 0.660. The lowest BCUT2D eigenvalue weighted by Gasteiger charge is -2.13. The fourth-order valence-corrected chi connectivity index (χ4v) is 2.65. The summed E-state index contributed by atoms with van der Waals surface area (Å²) in [6.07, 6.45) is 1.86. The molecule has 1 N–H and O–H groups in total. The Labute approximate surface area is 147 Å². The second-order valence-corrected chi connectivity index (χ2v) is 5.96. The third-order valence-electron chi connectivity index (χ3n) is 3.99. The summed E-state index contributed by atoms with van der Waals surface area (Å²) in [7, 11) is 0. The Morgan fingerprint density at radius 2 is 1.72 bits per heavy atom. The molecule has 0 radical (unpaired) electrons. The van der Waals surface area contributed by atoms with Gasteiger partial charge in [-0.15, -0.1) is 0 Å². The van der Waals surface area contributed by atoms with Gasteiger partial charge in [0.2, 0.25) is 5.91 Å². The molecule has 0 saturated heterocycles. The maximum Gasteiger partial charge on any atom is 0.246 e. The molecular formula is C21H21N3O. The molecule has 0 atom stereocenters. The van der Waals surface area contributed by atoms with E-state index in [1.807, 2.05) is 42.6 Å². The van der Waals surface area contributed by atoms with Crippen LogP contribution in [-0.4, -0.2) is 15.5 Å². The van der Waals surface area contributed by atoms with E-state index in [1.165, 1.54) is 5.56 Å². The first kappa shape index (κ1) is 16.7. The summed E-state index contributed by atoms with van der Waals surface area (Å²) in [5, 5.41) is 2.87. The Balaban J connectivity index is 1.93. The number of carbonyl (C=O) groups is 1. The number of imidazole rings is 1. The van der Waals surface area contributed by atoms with Gasteiger partial charge in [0.25, 0.3) is 0 Å². The zero-order valence-electron chi connectivity index (χ0n) is 14.3. The Morgan fingerprint density at radius 3 is 2.36 bits per heavy atom. The number of carbonyl (C=O) groups excluding carboxylic acids is 1. The predicted octanol–water partition coefficient (Wildman–Crippen LogP) is 3.79. The van der Waals surface area contributed by atoms with Gasteiger partial charge in [-0.2, -0.15) is 0 Å². The molecule has 25 heavy (non-hydrogen) atoms. The number of amides is 1. The van der Waals surface area contributed by atoms with Crippen LogP contribution in [0.3, 0.4) is 0 Å². The fourth-order valence-electron chi connectivity index (χ4n) is 2.65. The number of rotatable bonds is 6. The van der Waals surface area contributed by atoms with E-state index < -0.39 is 0 Å². The van der Waals surface area contributed by atoms with E-state index in [4.69, 9.17) is 0 Å². The number of benzene rings is 2. The van der Waals surface area contributed by atoms with Gasteiger partial charge < -0.3 is 9.88 Å². The van der Waals surface area contributed by atoms with Gasteiger partial charge in [-0.25, -0.2) is 4.98 Å². The Kier molecular flexibility index (Phi) is 5.09. The van der Waals surface area contributed by atoms with Crippen molar-refractivity contribution in [2.45, 2.75) is 20.0 Å². The summed E-state index contributed by atoms with van der Waals surface area (Å²) in [5.41, 5.74) is 3.81. The topological polar surface area (TPSA) is 46.9 Å². The first-order valence-corrected chi connectivity index (χ1v) is 8.22. The Hall–Kier alpha value is -3.14. The predicted molar refractivity (Wildman–Crippen MR) is 99.9 cm³/mol. The van der Waals surface area contributed by atoms with Crippen LogP contribution in [0.5, 0.6) is 0 Å². The monoisotopic (exact) mass is 331 g/mol. The van der Waals surface area contributed by atoms with E-state index in [0.717, 1.165) is 17.1 Å². The van der Waals surface area contributed by atoms with Crippen LogP contribution in [-0.2, 0) is 17.9 Å². The van der Waals surface area contributed by atoms with Crippen molar-refractivity contribution in [3.05, 3.63) is 90.4 Å². The lowest BCUT2D eigenvalue weighted by Crippen LogP contribution is -2.25. The molecule has 3 rings (SSSR count). The average Bonchev–Trinajstić information content (AvgIpc) is 3.03. The summed E-state index contributed by atoms with van der Waals surface area (Å²) >= 11 is 0. The van der Waals surface area contributed by atoms with Gasteiger partial charge in [0, 0.05) is 12.1 Å². The van der Waals surface area contributed by atoms with Gasteiger partial charge in [0.05, 0.1) is 18.4 Å². The van der Waals surface area contributed by atoms with Crippen LogP contribution in [0.25, 0.3) is 11.3 Å². The molecule has 126 valence electrons. The number of aromatic nitrogens is 2. The highest BCUT2D eigenvalue weighted by atomic mass is 16.1. The van der Waals surface area contributed by atoms with Crippen molar-refractivity contribution in [2.75, 3.05) is 0 Å². The molecule has 1 amide bonds. The lowest BCUT2D eigenvalue weighted by atomic mass is 10.1. The first-order valence-electron chi connectivity index (χ1n) is 8.22. The molecule has 0 bridgehead atoms. The van der Waals surface area contributed by atoms with Crippen LogP contribution < -0.4 is 5.32 Å². The molecule has 0 aliphatic rings. The summed E-state index contributed by atoms with van der Waals surface area (Å²) in [4.78, 5) is 16.4. The molecule has 4 nitrogen and oxygen atoms in total. The zero-order chi connectivity index (χ0) is 17.6. The molecule has 0 saturated carbocycles. The standard InChI is InChI=1S/C21H21N3O/c1-16(2)21(25)23-14-20-22-13-19(18-11-7-4-8-12-18)24(20)15-17-9-5-3-6-10-17/h3-13H,1,14-15H2,2H3,(H,23,25). The molecule has 4 heteroatoms. The normalized spacial score (nSPS) is 10.4. The van der Waals surface area contributed by atoms with Crippen molar-refractivity contribution in [1.29, 1.82) is 0 Å². The van der Waals surface area contributed by atoms with Crippen molar-refractivity contribution in [1.82, 2.24) is 14.9 Å². The summed E-state index contributed by atoms with van der Waals surface area (Å²) in [6, 6.07) is 20.4. The smallest absolute Gasteiger partial charge is 0.246 e. The van der Waals surface area contributed by atoms with Crippen LogP contribution >= 0.6 is 0 Å².